The van der Waals surface area contributed by atoms with E-state index in [9.17, 15) is 14.5 Å². The summed E-state index contributed by atoms with van der Waals surface area (Å²) in [6.45, 7) is 3.79. The van der Waals surface area contributed by atoms with Crippen molar-refractivity contribution < 1.29 is 9.59 Å². The molecular formula is C12H15N3O3. The normalized spacial score (nSPS) is 9.94. The lowest BCUT2D eigenvalue weighted by atomic mass is 10.1. The number of carbonyl (C=O) groups is 2. The first kappa shape index (κ1) is 13.8. The third-order valence-corrected chi connectivity index (χ3v) is 2.16. The van der Waals surface area contributed by atoms with Crippen LogP contribution in [0.2, 0.25) is 0 Å². The molecule has 0 radical (unpaired) electrons. The SMILES string of the molecule is CC(C)CC(=O)NNC(=O)c1ccccc1N=O. The van der Waals surface area contributed by atoms with Gasteiger partial charge in [-0.3, -0.25) is 20.4 Å². The number of nitrogens with zero attached hydrogens (tertiary/aromatic N) is 1. The zero-order valence-electron chi connectivity index (χ0n) is 10.3. The Hall–Kier alpha value is -2.24. The Morgan fingerprint density at radius 1 is 1.22 bits per heavy atom. The lowest BCUT2D eigenvalue weighted by Gasteiger charge is -2.09. The second kappa shape index (κ2) is 6.48. The smallest absolute Gasteiger partial charge is 0.272 e. The maximum absolute atomic E-state index is 11.7. The van der Waals surface area contributed by atoms with Crippen LogP contribution < -0.4 is 10.9 Å². The number of carbonyl (C=O) groups excluding carboxylic acids is 2. The molecule has 1 rings (SSSR count). The molecule has 0 fully saturated rings. The fourth-order valence-electron chi connectivity index (χ4n) is 1.36. The van der Waals surface area contributed by atoms with Crippen LogP contribution in [0.3, 0.4) is 0 Å². The van der Waals surface area contributed by atoms with Gasteiger partial charge in [0.2, 0.25) is 5.91 Å². The van der Waals surface area contributed by atoms with Gasteiger partial charge in [0.25, 0.3) is 5.91 Å². The monoisotopic (exact) mass is 249 g/mol. The van der Waals surface area contributed by atoms with Crippen molar-refractivity contribution in [2.75, 3.05) is 0 Å². The summed E-state index contributed by atoms with van der Waals surface area (Å²) in [7, 11) is 0. The van der Waals surface area contributed by atoms with Gasteiger partial charge in [-0.15, -0.1) is 4.91 Å². The zero-order chi connectivity index (χ0) is 13.5. The molecule has 0 aliphatic rings. The quantitative estimate of drug-likeness (QED) is 0.631. The summed E-state index contributed by atoms with van der Waals surface area (Å²) in [5.41, 5.74) is 4.68. The van der Waals surface area contributed by atoms with Gasteiger partial charge in [0.1, 0.15) is 5.69 Å². The van der Waals surface area contributed by atoms with E-state index >= 15 is 0 Å². The standard InChI is InChI=1S/C12H15N3O3/c1-8(2)7-11(16)13-14-12(17)9-5-3-4-6-10(9)15-18/h3-6,8H,7H2,1-2H3,(H,13,16)(H,14,17). The molecule has 2 N–H and O–H groups in total. The van der Waals surface area contributed by atoms with E-state index in [0.717, 1.165) is 0 Å². The van der Waals surface area contributed by atoms with Crippen LogP contribution in [0.1, 0.15) is 30.6 Å². The topological polar surface area (TPSA) is 87.6 Å². The lowest BCUT2D eigenvalue weighted by molar-refractivity contribution is -0.122. The molecule has 0 saturated carbocycles. The van der Waals surface area contributed by atoms with Gasteiger partial charge in [-0.2, -0.15) is 0 Å². The molecule has 1 aromatic rings. The van der Waals surface area contributed by atoms with Gasteiger partial charge in [-0.1, -0.05) is 26.0 Å². The maximum atomic E-state index is 11.7. The zero-order valence-corrected chi connectivity index (χ0v) is 10.3. The summed E-state index contributed by atoms with van der Waals surface area (Å²) in [5, 5.41) is 2.74. The summed E-state index contributed by atoms with van der Waals surface area (Å²) in [6, 6.07) is 6.10. The van der Waals surface area contributed by atoms with Gasteiger partial charge >= 0.3 is 0 Å². The van der Waals surface area contributed by atoms with Gasteiger partial charge in [0.05, 0.1) is 5.56 Å². The van der Waals surface area contributed by atoms with Crippen LogP contribution in [-0.4, -0.2) is 11.8 Å². The first-order chi connectivity index (χ1) is 8.54. The van der Waals surface area contributed by atoms with Crippen LogP contribution in [0.5, 0.6) is 0 Å². The van der Waals surface area contributed by atoms with Crippen LogP contribution in [0.4, 0.5) is 5.69 Å². The first-order valence-electron chi connectivity index (χ1n) is 5.56. The molecule has 0 unspecified atom stereocenters. The average molecular weight is 249 g/mol. The van der Waals surface area contributed by atoms with Crippen LogP contribution in [0.25, 0.3) is 0 Å². The van der Waals surface area contributed by atoms with E-state index in [4.69, 9.17) is 0 Å². The molecule has 0 aromatic heterocycles. The third-order valence-electron chi connectivity index (χ3n) is 2.16. The summed E-state index contributed by atoms with van der Waals surface area (Å²) < 4.78 is 0. The number of hydrazine groups is 1. The van der Waals surface area contributed by atoms with Gasteiger partial charge < -0.3 is 0 Å². The van der Waals surface area contributed by atoms with Crippen molar-refractivity contribution in [1.29, 1.82) is 0 Å². The molecule has 0 spiro atoms. The fraction of sp³-hybridized carbons (Fsp3) is 0.333. The highest BCUT2D eigenvalue weighted by atomic mass is 16.3. The van der Waals surface area contributed by atoms with E-state index in [2.05, 4.69) is 16.0 Å². The van der Waals surface area contributed by atoms with Crippen molar-refractivity contribution in [3.8, 4) is 0 Å². The van der Waals surface area contributed by atoms with Gasteiger partial charge in [-0.05, 0) is 23.2 Å². The van der Waals surface area contributed by atoms with Gasteiger partial charge in [0.15, 0.2) is 0 Å². The number of rotatable bonds is 4. The van der Waals surface area contributed by atoms with E-state index in [0.29, 0.717) is 6.42 Å². The minimum Gasteiger partial charge on any atom is -0.273 e. The minimum absolute atomic E-state index is 0.0353. The summed E-state index contributed by atoms with van der Waals surface area (Å²) in [6.07, 6.45) is 0.313. The largest absolute Gasteiger partial charge is 0.273 e. The maximum Gasteiger partial charge on any atom is 0.272 e. The van der Waals surface area contributed by atoms with Crippen LogP contribution in [-0.2, 0) is 4.79 Å². The van der Waals surface area contributed by atoms with E-state index in [1.807, 2.05) is 13.8 Å². The first-order valence-corrected chi connectivity index (χ1v) is 5.56. The number of hydrogen-bond acceptors (Lipinski definition) is 4. The van der Waals surface area contributed by atoms with Crippen LogP contribution >= 0.6 is 0 Å². The van der Waals surface area contributed by atoms with Gasteiger partial charge in [0, 0.05) is 6.42 Å². The lowest BCUT2D eigenvalue weighted by Crippen LogP contribution is -2.42. The highest BCUT2D eigenvalue weighted by Crippen LogP contribution is 2.17. The molecule has 0 atom stereocenters. The Balaban J connectivity index is 2.60. The molecule has 0 aliphatic heterocycles. The van der Waals surface area contributed by atoms with Crippen molar-refractivity contribution in [2.24, 2.45) is 11.1 Å². The van der Waals surface area contributed by atoms with E-state index in [1.54, 1.807) is 12.1 Å². The second-order valence-corrected chi connectivity index (χ2v) is 4.21. The average Bonchev–Trinajstić information content (AvgIpc) is 2.35. The Bertz CT molecular complexity index is 458. The summed E-state index contributed by atoms with van der Waals surface area (Å²) >= 11 is 0. The number of benzene rings is 1. The van der Waals surface area contributed by atoms with Gasteiger partial charge in [-0.25, -0.2) is 0 Å². The Morgan fingerprint density at radius 2 is 1.89 bits per heavy atom. The Morgan fingerprint density at radius 3 is 2.50 bits per heavy atom. The van der Waals surface area contributed by atoms with Crippen molar-refractivity contribution in [1.82, 2.24) is 10.9 Å². The number of hydrogen-bond donors (Lipinski definition) is 2. The molecular weight excluding hydrogens is 234 g/mol. The molecule has 18 heavy (non-hydrogen) atoms. The molecule has 0 heterocycles. The minimum atomic E-state index is -0.567. The molecule has 1 aromatic carbocycles. The molecule has 6 heteroatoms. The molecule has 2 amide bonds. The van der Waals surface area contributed by atoms with E-state index in [-0.39, 0.29) is 23.1 Å². The number of nitrogens with one attached hydrogen (secondary N) is 2. The third kappa shape index (κ3) is 3.97. The van der Waals surface area contributed by atoms with Crippen LogP contribution in [0.15, 0.2) is 29.4 Å². The van der Waals surface area contributed by atoms with Crippen molar-refractivity contribution in [3.63, 3.8) is 0 Å². The molecule has 0 aliphatic carbocycles. The predicted molar refractivity (Wildman–Crippen MR) is 67.0 cm³/mol. The summed E-state index contributed by atoms with van der Waals surface area (Å²) in [5.74, 6) is -0.650. The van der Waals surface area contributed by atoms with E-state index < -0.39 is 5.91 Å². The fourth-order valence-corrected chi connectivity index (χ4v) is 1.36. The molecule has 6 nitrogen and oxygen atoms in total. The summed E-state index contributed by atoms with van der Waals surface area (Å²) in [4.78, 5) is 33.5. The molecule has 0 saturated heterocycles. The molecule has 0 bridgehead atoms. The van der Waals surface area contributed by atoms with E-state index in [1.165, 1.54) is 12.1 Å². The van der Waals surface area contributed by atoms with Crippen molar-refractivity contribution >= 4 is 17.5 Å². The second-order valence-electron chi connectivity index (χ2n) is 4.21. The predicted octanol–water partition coefficient (Wildman–Crippen LogP) is 1.89. The highest BCUT2D eigenvalue weighted by molar-refractivity contribution is 5.99. The Kier molecular flexibility index (Phi) is 4.98. The van der Waals surface area contributed by atoms with Crippen molar-refractivity contribution in [2.45, 2.75) is 20.3 Å². The molecule has 96 valence electrons. The van der Waals surface area contributed by atoms with Crippen LogP contribution in [0, 0.1) is 10.8 Å². The van der Waals surface area contributed by atoms with Crippen molar-refractivity contribution in [3.05, 3.63) is 34.7 Å². The number of amides is 2. The Labute approximate surface area is 105 Å². The number of nitroso groups, excluding NO2 is 1. The highest BCUT2D eigenvalue weighted by Gasteiger charge is 2.12.